The minimum absolute atomic E-state index is 0. The Morgan fingerprint density at radius 3 is 2.64 bits per heavy atom. The molecule has 25 heavy (non-hydrogen) atoms. The van der Waals surface area contributed by atoms with Crippen molar-refractivity contribution in [2.24, 2.45) is 4.99 Å². The summed E-state index contributed by atoms with van der Waals surface area (Å²) >= 11 is 0. The number of halogens is 1. The average molecular weight is 459 g/mol. The summed E-state index contributed by atoms with van der Waals surface area (Å²) in [6, 6.07) is 4.17. The van der Waals surface area contributed by atoms with Crippen LogP contribution in [0.1, 0.15) is 39.0 Å². The van der Waals surface area contributed by atoms with E-state index >= 15 is 0 Å². The lowest BCUT2D eigenvalue weighted by molar-refractivity contribution is -0.145. The van der Waals surface area contributed by atoms with Crippen molar-refractivity contribution in [3.63, 3.8) is 0 Å². The van der Waals surface area contributed by atoms with E-state index in [1.807, 2.05) is 28.9 Å². The van der Waals surface area contributed by atoms with E-state index in [0.717, 1.165) is 23.8 Å². The maximum Gasteiger partial charge on any atom is 0.242 e. The summed E-state index contributed by atoms with van der Waals surface area (Å²) in [5.41, 5.74) is 1.90. The summed E-state index contributed by atoms with van der Waals surface area (Å²) in [6.45, 7) is 12.1. The maximum atomic E-state index is 12.6. The molecule has 1 aromatic rings. The number of hydrogen-bond donors (Lipinski definition) is 1. The third-order valence-corrected chi connectivity index (χ3v) is 4.38. The second kappa shape index (κ2) is 8.82. The van der Waals surface area contributed by atoms with Crippen molar-refractivity contribution in [3.05, 3.63) is 29.6 Å². The maximum absolute atomic E-state index is 12.6. The molecule has 0 aromatic carbocycles. The minimum atomic E-state index is -0.234. The molecule has 1 saturated heterocycles. The molecule has 0 aliphatic carbocycles. The second-order valence-corrected chi connectivity index (χ2v) is 7.19. The largest absolute Gasteiger partial charge is 0.351 e. The molecule has 0 spiro atoms. The summed E-state index contributed by atoms with van der Waals surface area (Å²) < 4.78 is 0. The molecule has 1 aliphatic rings. The van der Waals surface area contributed by atoms with Gasteiger partial charge < -0.3 is 15.1 Å². The number of pyridine rings is 1. The molecule has 7 heteroatoms. The van der Waals surface area contributed by atoms with Crippen LogP contribution in [0.25, 0.3) is 0 Å². The molecule has 0 saturated carbocycles. The highest BCUT2D eigenvalue weighted by molar-refractivity contribution is 14.0. The van der Waals surface area contributed by atoms with Crippen molar-refractivity contribution in [1.29, 1.82) is 0 Å². The predicted octanol–water partition coefficient (Wildman–Crippen LogP) is 2.41. The predicted molar refractivity (Wildman–Crippen MR) is 112 cm³/mol. The van der Waals surface area contributed by atoms with Gasteiger partial charge in [0, 0.05) is 25.8 Å². The lowest BCUT2D eigenvalue weighted by atomic mass is 9.96. The fraction of sp³-hybridized carbons (Fsp3) is 0.611. The van der Waals surface area contributed by atoms with Gasteiger partial charge in [0.25, 0.3) is 0 Å². The number of carbonyl (C=O) groups excluding carboxylic acids is 1. The molecular formula is C18H30IN5O. The van der Waals surface area contributed by atoms with Crippen molar-refractivity contribution in [1.82, 2.24) is 20.1 Å². The first-order valence-electron chi connectivity index (χ1n) is 8.44. The zero-order valence-electron chi connectivity index (χ0n) is 16.0. The van der Waals surface area contributed by atoms with E-state index in [1.54, 1.807) is 13.2 Å². The SMILES string of the molecule is CN=C(NCc1ncccc1C)N1CC(=O)N(C(C)C)C(C)(C)C1.I. The fourth-order valence-electron chi connectivity index (χ4n) is 3.51. The van der Waals surface area contributed by atoms with Gasteiger partial charge in [0.05, 0.1) is 24.3 Å². The zero-order chi connectivity index (χ0) is 17.9. The Morgan fingerprint density at radius 2 is 2.12 bits per heavy atom. The minimum Gasteiger partial charge on any atom is -0.351 e. The van der Waals surface area contributed by atoms with E-state index in [0.29, 0.717) is 13.1 Å². The number of aliphatic imine (C=N–C) groups is 1. The van der Waals surface area contributed by atoms with Crippen LogP contribution in [-0.4, -0.2) is 58.4 Å². The van der Waals surface area contributed by atoms with Gasteiger partial charge in [-0.15, -0.1) is 24.0 Å². The Balaban J connectivity index is 0.00000312. The third kappa shape index (κ3) is 5.05. The van der Waals surface area contributed by atoms with E-state index in [2.05, 4.69) is 43.0 Å². The molecule has 0 atom stereocenters. The van der Waals surface area contributed by atoms with Crippen molar-refractivity contribution in [2.45, 2.75) is 52.7 Å². The van der Waals surface area contributed by atoms with E-state index < -0.39 is 0 Å². The van der Waals surface area contributed by atoms with Gasteiger partial charge in [-0.05, 0) is 46.2 Å². The number of aromatic nitrogens is 1. The molecule has 0 bridgehead atoms. The van der Waals surface area contributed by atoms with E-state index in [4.69, 9.17) is 0 Å². The van der Waals surface area contributed by atoms with Crippen LogP contribution in [0, 0.1) is 6.92 Å². The summed E-state index contributed by atoms with van der Waals surface area (Å²) in [7, 11) is 1.75. The molecule has 2 heterocycles. The second-order valence-electron chi connectivity index (χ2n) is 7.19. The molecule has 140 valence electrons. The Kier molecular flexibility index (Phi) is 7.64. The average Bonchev–Trinajstić information content (AvgIpc) is 2.47. The van der Waals surface area contributed by atoms with Gasteiger partial charge in [0.2, 0.25) is 5.91 Å². The van der Waals surface area contributed by atoms with Crippen molar-refractivity contribution in [2.75, 3.05) is 20.1 Å². The molecular weight excluding hydrogens is 429 g/mol. The molecule has 1 N–H and O–H groups in total. The number of carbonyl (C=O) groups is 1. The highest BCUT2D eigenvalue weighted by Gasteiger charge is 2.40. The van der Waals surface area contributed by atoms with Gasteiger partial charge in [-0.3, -0.25) is 14.8 Å². The molecule has 1 aliphatic heterocycles. The van der Waals surface area contributed by atoms with Crippen LogP contribution in [0.4, 0.5) is 0 Å². The Morgan fingerprint density at radius 1 is 1.44 bits per heavy atom. The van der Waals surface area contributed by atoms with Gasteiger partial charge in [-0.2, -0.15) is 0 Å². The normalized spacial score (nSPS) is 17.6. The molecule has 1 amide bonds. The van der Waals surface area contributed by atoms with Crippen LogP contribution in [0.15, 0.2) is 23.3 Å². The number of hydrogen-bond acceptors (Lipinski definition) is 3. The van der Waals surface area contributed by atoms with Crippen LogP contribution in [0.3, 0.4) is 0 Å². The number of rotatable bonds is 3. The zero-order valence-corrected chi connectivity index (χ0v) is 18.4. The van der Waals surface area contributed by atoms with Gasteiger partial charge in [-0.25, -0.2) is 0 Å². The highest BCUT2D eigenvalue weighted by Crippen LogP contribution is 2.24. The van der Waals surface area contributed by atoms with Gasteiger partial charge in [-0.1, -0.05) is 6.07 Å². The number of nitrogens with zero attached hydrogens (tertiary/aromatic N) is 4. The van der Waals surface area contributed by atoms with Gasteiger partial charge >= 0.3 is 0 Å². The standard InChI is InChI=1S/C18H29N5O.HI/c1-13(2)23-16(24)11-22(12-18(23,4)5)17(19-6)21-10-15-14(3)8-7-9-20-15;/h7-9,13H,10-12H2,1-6H3,(H,19,21);1H. The van der Waals surface area contributed by atoms with E-state index in [1.165, 1.54) is 0 Å². The Hall–Kier alpha value is -1.38. The topological polar surface area (TPSA) is 60.8 Å². The van der Waals surface area contributed by atoms with Crippen LogP contribution in [0.2, 0.25) is 0 Å². The van der Waals surface area contributed by atoms with Crippen molar-refractivity contribution < 1.29 is 4.79 Å². The van der Waals surface area contributed by atoms with Crippen molar-refractivity contribution >= 4 is 35.8 Å². The fourth-order valence-corrected chi connectivity index (χ4v) is 3.51. The van der Waals surface area contributed by atoms with Crippen LogP contribution < -0.4 is 5.32 Å². The van der Waals surface area contributed by atoms with Crippen LogP contribution >= 0.6 is 24.0 Å². The molecule has 2 rings (SSSR count). The lowest BCUT2D eigenvalue weighted by Gasteiger charge is -2.49. The summed E-state index contributed by atoms with van der Waals surface area (Å²) in [4.78, 5) is 25.4. The summed E-state index contributed by atoms with van der Waals surface area (Å²) in [5.74, 6) is 0.878. The quantitative estimate of drug-likeness (QED) is 0.429. The number of piperazine rings is 1. The van der Waals surface area contributed by atoms with Gasteiger partial charge in [0.1, 0.15) is 0 Å². The molecule has 1 aromatic heterocycles. The number of amides is 1. The summed E-state index contributed by atoms with van der Waals surface area (Å²) in [6.07, 6.45) is 1.79. The molecule has 1 fully saturated rings. The third-order valence-electron chi connectivity index (χ3n) is 4.38. The van der Waals surface area contributed by atoms with Gasteiger partial charge in [0.15, 0.2) is 5.96 Å². The smallest absolute Gasteiger partial charge is 0.242 e. The van der Waals surface area contributed by atoms with E-state index in [9.17, 15) is 4.79 Å². The molecule has 0 unspecified atom stereocenters. The van der Waals surface area contributed by atoms with Crippen LogP contribution in [0.5, 0.6) is 0 Å². The Bertz CT molecular complexity index is 630. The Labute approximate surface area is 168 Å². The molecule has 0 radical (unpaired) electrons. The highest BCUT2D eigenvalue weighted by atomic mass is 127. The first kappa shape index (κ1) is 21.7. The summed E-state index contributed by atoms with van der Waals surface area (Å²) in [5, 5.41) is 3.34. The monoisotopic (exact) mass is 459 g/mol. The lowest BCUT2D eigenvalue weighted by Crippen LogP contribution is -2.66. The van der Waals surface area contributed by atoms with E-state index in [-0.39, 0.29) is 41.5 Å². The first-order valence-corrected chi connectivity index (χ1v) is 8.44. The number of nitrogens with one attached hydrogen (secondary N) is 1. The van der Waals surface area contributed by atoms with Crippen LogP contribution in [-0.2, 0) is 11.3 Å². The molecule has 6 nitrogen and oxygen atoms in total. The number of aryl methyl sites for hydroxylation is 1. The van der Waals surface area contributed by atoms with Crippen molar-refractivity contribution in [3.8, 4) is 0 Å². The number of guanidine groups is 1. The first-order chi connectivity index (χ1) is 11.3.